The monoisotopic (exact) mass is 462 g/mol. The van der Waals surface area contributed by atoms with Crippen LogP contribution in [0.2, 0.25) is 0 Å². The highest BCUT2D eigenvalue weighted by atomic mass is 32.2. The smallest absolute Gasteiger partial charge is 0.267 e. The van der Waals surface area contributed by atoms with Gasteiger partial charge in [0.2, 0.25) is 6.79 Å². The molecular weight excluding hydrogens is 444 g/mol. The van der Waals surface area contributed by atoms with Crippen molar-refractivity contribution in [2.24, 2.45) is 0 Å². The second-order valence-electron chi connectivity index (χ2n) is 7.80. The molecule has 4 aromatic rings. The van der Waals surface area contributed by atoms with Crippen LogP contribution in [0, 0.1) is 0 Å². The summed E-state index contributed by atoms with van der Waals surface area (Å²) in [6, 6.07) is 14.7. The summed E-state index contributed by atoms with van der Waals surface area (Å²) in [5, 5.41) is 3.30. The predicted molar refractivity (Wildman–Crippen MR) is 125 cm³/mol. The maximum absolute atomic E-state index is 13.6. The molecule has 160 valence electrons. The largest absolute Gasteiger partial charge is 0.454 e. The van der Waals surface area contributed by atoms with Gasteiger partial charge >= 0.3 is 0 Å². The lowest BCUT2D eigenvalue weighted by molar-refractivity contribution is 0.102. The Bertz CT molecular complexity index is 1410. The van der Waals surface area contributed by atoms with Gasteiger partial charge in [0.15, 0.2) is 22.4 Å². The Kier molecular flexibility index (Phi) is 4.77. The van der Waals surface area contributed by atoms with Gasteiger partial charge in [-0.3, -0.25) is 14.2 Å². The molecule has 2 aliphatic rings. The molecule has 2 aromatic carbocycles. The van der Waals surface area contributed by atoms with Gasteiger partial charge < -0.3 is 9.47 Å². The molecule has 1 fully saturated rings. The van der Waals surface area contributed by atoms with Crippen molar-refractivity contribution in [1.29, 1.82) is 0 Å². The van der Waals surface area contributed by atoms with Crippen molar-refractivity contribution in [3.05, 3.63) is 75.4 Å². The molecule has 0 unspecified atom stereocenters. The van der Waals surface area contributed by atoms with Crippen LogP contribution in [0.15, 0.2) is 63.9 Å². The lowest BCUT2D eigenvalue weighted by Gasteiger charge is -2.12. The Morgan fingerprint density at radius 3 is 2.75 bits per heavy atom. The van der Waals surface area contributed by atoms with Crippen LogP contribution in [-0.4, -0.2) is 27.9 Å². The first-order valence-corrected chi connectivity index (χ1v) is 12.2. The summed E-state index contributed by atoms with van der Waals surface area (Å²) >= 11 is 2.78. The number of carbonyl (C=O) groups is 1. The van der Waals surface area contributed by atoms with Crippen LogP contribution in [-0.2, 0) is 0 Å². The minimum absolute atomic E-state index is 0.0629. The number of thiophene rings is 1. The Morgan fingerprint density at radius 1 is 1.12 bits per heavy atom. The number of aromatic nitrogens is 2. The molecule has 0 saturated heterocycles. The normalized spacial score (nSPS) is 14.8. The van der Waals surface area contributed by atoms with E-state index < -0.39 is 0 Å². The number of benzene rings is 2. The average molecular weight is 463 g/mol. The zero-order valence-corrected chi connectivity index (χ0v) is 18.6. The van der Waals surface area contributed by atoms with E-state index in [2.05, 4.69) is 5.38 Å². The number of ether oxygens (including phenoxy) is 2. The number of hydrogen-bond acceptors (Lipinski definition) is 7. The lowest BCUT2D eigenvalue weighted by atomic mass is 10.1. The number of thioether (sulfide) groups is 1. The number of para-hydroxylation sites is 1. The third kappa shape index (κ3) is 3.40. The minimum atomic E-state index is -0.0672. The lowest BCUT2D eigenvalue weighted by Crippen LogP contribution is -2.22. The van der Waals surface area contributed by atoms with Gasteiger partial charge in [-0.1, -0.05) is 30.0 Å². The third-order valence-corrected chi connectivity index (χ3v) is 7.49. The van der Waals surface area contributed by atoms with E-state index in [0.29, 0.717) is 33.5 Å². The van der Waals surface area contributed by atoms with E-state index in [1.54, 1.807) is 22.8 Å². The van der Waals surface area contributed by atoms with E-state index in [1.165, 1.54) is 23.1 Å². The van der Waals surface area contributed by atoms with Gasteiger partial charge in [-0.15, -0.1) is 11.3 Å². The summed E-state index contributed by atoms with van der Waals surface area (Å²) in [6.07, 6.45) is 2.24. The molecule has 3 heterocycles. The first-order chi connectivity index (χ1) is 15.7. The Labute approximate surface area is 191 Å². The molecule has 2 aromatic heterocycles. The van der Waals surface area contributed by atoms with E-state index in [1.807, 2.05) is 30.3 Å². The zero-order valence-electron chi connectivity index (χ0n) is 16.9. The molecule has 0 spiro atoms. The van der Waals surface area contributed by atoms with Crippen molar-refractivity contribution in [3.63, 3.8) is 0 Å². The summed E-state index contributed by atoms with van der Waals surface area (Å²) in [6.45, 7) is 0.165. The van der Waals surface area contributed by atoms with E-state index in [9.17, 15) is 9.59 Å². The highest BCUT2D eigenvalue weighted by Gasteiger charge is 2.29. The molecule has 0 N–H and O–H groups in total. The van der Waals surface area contributed by atoms with Crippen LogP contribution in [0.25, 0.3) is 15.9 Å². The van der Waals surface area contributed by atoms with Crippen molar-refractivity contribution in [1.82, 2.24) is 9.55 Å². The minimum Gasteiger partial charge on any atom is -0.454 e. The van der Waals surface area contributed by atoms with Crippen LogP contribution >= 0.6 is 23.1 Å². The number of carbonyl (C=O) groups excluding carboxylic acids is 1. The van der Waals surface area contributed by atoms with Crippen molar-refractivity contribution in [2.45, 2.75) is 23.9 Å². The molecule has 6 nitrogen and oxygen atoms in total. The van der Waals surface area contributed by atoms with Gasteiger partial charge in [0.05, 0.1) is 16.8 Å². The third-order valence-electron chi connectivity index (χ3n) is 5.66. The highest BCUT2D eigenvalue weighted by Crippen LogP contribution is 2.44. The van der Waals surface area contributed by atoms with Gasteiger partial charge in [-0.05, 0) is 60.0 Å². The Morgan fingerprint density at radius 2 is 1.94 bits per heavy atom. The summed E-state index contributed by atoms with van der Waals surface area (Å²) in [5.74, 6) is 1.78. The Balaban J connectivity index is 1.37. The number of nitrogens with zero attached hydrogens (tertiary/aromatic N) is 2. The van der Waals surface area contributed by atoms with Crippen LogP contribution in [0.5, 0.6) is 11.5 Å². The predicted octanol–water partition coefficient (Wildman–Crippen LogP) is 5.03. The van der Waals surface area contributed by atoms with Gasteiger partial charge in [0, 0.05) is 5.56 Å². The second kappa shape index (κ2) is 7.79. The van der Waals surface area contributed by atoms with Crippen LogP contribution in [0.1, 0.15) is 34.7 Å². The molecule has 1 saturated carbocycles. The molecule has 0 radical (unpaired) electrons. The SMILES string of the molecule is O=C(CSc1nc2scc(C3CC3)c2c(=O)n1-c1ccccc1)c1ccc2c(c1)OCO2. The molecule has 6 rings (SSSR count). The topological polar surface area (TPSA) is 70.4 Å². The molecular formula is C24H18N2O4S2. The molecule has 8 heteroatoms. The molecule has 0 atom stereocenters. The van der Waals surface area contributed by atoms with E-state index in [4.69, 9.17) is 14.5 Å². The number of Topliss-reactive ketones (excluding diaryl/α,β-unsaturated/α-hetero) is 1. The van der Waals surface area contributed by atoms with Crippen LogP contribution in [0.3, 0.4) is 0 Å². The van der Waals surface area contributed by atoms with E-state index in [-0.39, 0.29) is 23.9 Å². The molecule has 32 heavy (non-hydrogen) atoms. The number of hydrogen-bond donors (Lipinski definition) is 0. The summed E-state index contributed by atoms with van der Waals surface area (Å²) in [5.41, 5.74) is 2.34. The van der Waals surface area contributed by atoms with Gasteiger partial charge in [0.25, 0.3) is 5.56 Å². The van der Waals surface area contributed by atoms with Crippen molar-refractivity contribution >= 4 is 39.1 Å². The average Bonchev–Trinajstić information content (AvgIpc) is 3.39. The van der Waals surface area contributed by atoms with Crippen LogP contribution < -0.4 is 15.0 Å². The van der Waals surface area contributed by atoms with Gasteiger partial charge in [-0.2, -0.15) is 0 Å². The standard InChI is InChI=1S/C24H18N2O4S2/c27-18(15-8-9-19-20(10-15)30-13-29-19)12-32-24-25-22-21(17(11-31-22)14-6-7-14)23(28)26(24)16-4-2-1-3-5-16/h1-5,8-11,14H,6-7,12-13H2. The first kappa shape index (κ1) is 19.6. The van der Waals surface area contributed by atoms with Gasteiger partial charge in [-0.25, -0.2) is 4.98 Å². The fourth-order valence-corrected chi connectivity index (χ4v) is 5.84. The zero-order chi connectivity index (χ0) is 21.7. The summed E-state index contributed by atoms with van der Waals surface area (Å²) in [7, 11) is 0. The second-order valence-corrected chi connectivity index (χ2v) is 9.60. The van der Waals surface area contributed by atoms with Crippen molar-refractivity contribution in [3.8, 4) is 17.2 Å². The van der Waals surface area contributed by atoms with Crippen molar-refractivity contribution < 1.29 is 14.3 Å². The highest BCUT2D eigenvalue weighted by molar-refractivity contribution is 7.99. The first-order valence-electron chi connectivity index (χ1n) is 10.3. The molecule has 0 bridgehead atoms. The maximum atomic E-state index is 13.6. The van der Waals surface area contributed by atoms with E-state index in [0.717, 1.165) is 28.9 Å². The van der Waals surface area contributed by atoms with Crippen LogP contribution in [0.4, 0.5) is 0 Å². The number of fused-ring (bicyclic) bond motifs is 2. The van der Waals surface area contributed by atoms with Crippen molar-refractivity contribution in [2.75, 3.05) is 12.5 Å². The summed E-state index contributed by atoms with van der Waals surface area (Å²) in [4.78, 5) is 32.0. The number of ketones is 1. The molecule has 0 amide bonds. The molecule has 1 aliphatic heterocycles. The fraction of sp³-hybridized carbons (Fsp3) is 0.208. The quantitative estimate of drug-likeness (QED) is 0.227. The number of rotatable bonds is 6. The fourth-order valence-electron chi connectivity index (χ4n) is 3.87. The molecule has 1 aliphatic carbocycles. The van der Waals surface area contributed by atoms with E-state index >= 15 is 0 Å². The maximum Gasteiger partial charge on any atom is 0.267 e. The van der Waals surface area contributed by atoms with Gasteiger partial charge in [0.1, 0.15) is 4.83 Å². The Hall–Kier alpha value is -3.10. The summed E-state index contributed by atoms with van der Waals surface area (Å²) < 4.78 is 12.3.